The molecule has 3 nitrogen and oxygen atoms in total. The average Bonchev–Trinajstić information content (AvgIpc) is 2.57. The third-order valence-electron chi connectivity index (χ3n) is 1.60. The van der Waals surface area contributed by atoms with Gasteiger partial charge in [-0.05, 0) is 18.2 Å². The lowest BCUT2D eigenvalue weighted by molar-refractivity contribution is 1.05. The normalized spacial score (nSPS) is 10.4. The molecule has 0 aliphatic heterocycles. The van der Waals surface area contributed by atoms with E-state index < -0.39 is 0 Å². The highest BCUT2D eigenvalue weighted by Gasteiger charge is 2.06. The number of nitrogen functional groups attached to an aromatic ring is 1. The van der Waals surface area contributed by atoms with Crippen molar-refractivity contribution in [2.45, 2.75) is 0 Å². The Hall–Kier alpha value is -0.840. The van der Waals surface area contributed by atoms with Gasteiger partial charge in [-0.3, -0.25) is 0 Å². The summed E-state index contributed by atoms with van der Waals surface area (Å²) in [7, 11) is 0. The van der Waals surface area contributed by atoms with Gasteiger partial charge in [0.05, 0.1) is 14.2 Å². The van der Waals surface area contributed by atoms with Crippen LogP contribution in [-0.2, 0) is 0 Å². The van der Waals surface area contributed by atoms with E-state index in [0.29, 0.717) is 15.1 Å². The van der Waals surface area contributed by atoms with E-state index in [1.165, 1.54) is 11.3 Å². The van der Waals surface area contributed by atoms with E-state index >= 15 is 0 Å². The molecule has 14 heavy (non-hydrogen) atoms. The minimum Gasteiger partial charge on any atom is -0.381 e. The fraction of sp³-hybridized carbons (Fsp3) is 0. The average molecular weight is 246 g/mol. The van der Waals surface area contributed by atoms with Gasteiger partial charge in [0.25, 0.3) is 0 Å². The number of rotatable bonds is 1. The quantitative estimate of drug-likeness (QED) is 0.841. The maximum absolute atomic E-state index is 5.81. The molecule has 0 fully saturated rings. The summed E-state index contributed by atoms with van der Waals surface area (Å²) < 4.78 is 0.703. The van der Waals surface area contributed by atoms with Gasteiger partial charge in [-0.1, -0.05) is 23.2 Å². The second-order valence-electron chi connectivity index (χ2n) is 2.57. The van der Waals surface area contributed by atoms with Crippen LogP contribution in [0, 0.1) is 0 Å². The molecule has 0 atom stereocenters. The zero-order chi connectivity index (χ0) is 10.1. The third-order valence-corrected chi connectivity index (χ3v) is 3.16. The maximum Gasteiger partial charge on any atom is 0.164 e. The third kappa shape index (κ3) is 1.82. The summed E-state index contributed by atoms with van der Waals surface area (Å²) in [6, 6.07) is 5.34. The van der Waals surface area contributed by atoms with Gasteiger partial charge >= 0.3 is 0 Å². The molecule has 0 bridgehead atoms. The number of hydrogen-bond donors (Lipinski definition) is 1. The van der Waals surface area contributed by atoms with Crippen molar-refractivity contribution in [2.75, 3.05) is 5.73 Å². The van der Waals surface area contributed by atoms with Crippen LogP contribution < -0.4 is 5.73 Å². The summed E-state index contributed by atoms with van der Waals surface area (Å²) >= 11 is 13.0. The Morgan fingerprint density at radius 2 is 2.00 bits per heavy atom. The van der Waals surface area contributed by atoms with Crippen molar-refractivity contribution in [2.24, 2.45) is 0 Å². The van der Waals surface area contributed by atoms with E-state index in [-0.39, 0.29) is 5.82 Å². The van der Waals surface area contributed by atoms with Gasteiger partial charge in [-0.25, -0.2) is 0 Å². The zero-order valence-corrected chi connectivity index (χ0v) is 9.20. The summed E-state index contributed by atoms with van der Waals surface area (Å²) in [5.74, 6) is 0.234. The lowest BCUT2D eigenvalue weighted by atomic mass is 10.3. The van der Waals surface area contributed by atoms with Crippen molar-refractivity contribution in [1.29, 1.82) is 0 Å². The van der Waals surface area contributed by atoms with Crippen molar-refractivity contribution >= 4 is 40.4 Å². The van der Waals surface area contributed by atoms with E-state index in [1.807, 2.05) is 6.07 Å². The van der Waals surface area contributed by atoms with Gasteiger partial charge in [0.15, 0.2) is 5.82 Å². The highest BCUT2D eigenvalue weighted by atomic mass is 35.5. The Morgan fingerprint density at radius 1 is 1.21 bits per heavy atom. The number of halogens is 2. The number of thiophene rings is 1. The first kappa shape index (κ1) is 9.71. The molecule has 0 spiro atoms. The topological polar surface area (TPSA) is 51.8 Å². The second-order valence-corrected chi connectivity index (χ2v) is 4.69. The predicted octanol–water partition coefficient (Wildman–Crippen LogP) is 3.09. The molecule has 2 aromatic rings. The minimum absolute atomic E-state index is 0.234. The van der Waals surface area contributed by atoms with Gasteiger partial charge in [0.2, 0.25) is 0 Å². The molecule has 0 aliphatic rings. The van der Waals surface area contributed by atoms with Gasteiger partial charge in [0.1, 0.15) is 5.69 Å². The van der Waals surface area contributed by atoms with Crippen LogP contribution in [0.3, 0.4) is 0 Å². The molecule has 0 aromatic carbocycles. The molecule has 0 radical (unpaired) electrons. The summed E-state index contributed by atoms with van der Waals surface area (Å²) in [6.45, 7) is 0. The van der Waals surface area contributed by atoms with Crippen LogP contribution in [0.25, 0.3) is 10.6 Å². The Labute approximate surface area is 94.5 Å². The van der Waals surface area contributed by atoms with Crippen molar-refractivity contribution < 1.29 is 0 Å². The van der Waals surface area contributed by atoms with Crippen molar-refractivity contribution in [3.63, 3.8) is 0 Å². The van der Waals surface area contributed by atoms with E-state index in [4.69, 9.17) is 28.9 Å². The molecule has 2 heterocycles. The van der Waals surface area contributed by atoms with Crippen LogP contribution in [0.4, 0.5) is 5.82 Å². The van der Waals surface area contributed by atoms with E-state index in [0.717, 1.165) is 4.88 Å². The smallest absolute Gasteiger partial charge is 0.164 e. The molecule has 2 N–H and O–H groups in total. The lowest BCUT2D eigenvalue weighted by Gasteiger charge is -1.98. The molecule has 6 heteroatoms. The van der Waals surface area contributed by atoms with Crippen molar-refractivity contribution in [1.82, 2.24) is 10.2 Å². The molecule has 0 amide bonds. The van der Waals surface area contributed by atoms with Gasteiger partial charge in [-0.15, -0.1) is 21.5 Å². The zero-order valence-electron chi connectivity index (χ0n) is 6.87. The van der Waals surface area contributed by atoms with Crippen LogP contribution >= 0.6 is 34.5 Å². The predicted molar refractivity (Wildman–Crippen MR) is 59.8 cm³/mol. The molecule has 2 aromatic heterocycles. The Bertz CT molecular complexity index is 469. The van der Waals surface area contributed by atoms with E-state index in [1.54, 1.807) is 12.1 Å². The standard InChI is InChI=1S/C8H5Cl2N3S/c9-4-3-5(12-13-8(4)11)6-1-2-7(10)14-6/h1-3H,(H2,11,13). The van der Waals surface area contributed by atoms with Crippen LogP contribution in [-0.4, -0.2) is 10.2 Å². The number of nitrogens with zero attached hydrogens (tertiary/aromatic N) is 2. The van der Waals surface area contributed by atoms with Gasteiger partial charge in [0, 0.05) is 0 Å². The second kappa shape index (κ2) is 3.73. The highest BCUT2D eigenvalue weighted by molar-refractivity contribution is 7.19. The van der Waals surface area contributed by atoms with Crippen molar-refractivity contribution in [3.8, 4) is 10.6 Å². The first-order valence-corrected chi connectivity index (χ1v) is 5.28. The molecule has 0 unspecified atom stereocenters. The summed E-state index contributed by atoms with van der Waals surface area (Å²) in [5, 5.41) is 8.04. The van der Waals surface area contributed by atoms with Crippen LogP contribution in [0.5, 0.6) is 0 Å². The molecular weight excluding hydrogens is 241 g/mol. The number of nitrogens with two attached hydrogens (primary N) is 1. The SMILES string of the molecule is Nc1nnc(-c2ccc(Cl)s2)cc1Cl. The maximum atomic E-state index is 5.81. The number of hydrogen-bond acceptors (Lipinski definition) is 4. The molecular formula is C8H5Cl2N3S. The summed E-state index contributed by atoms with van der Waals surface area (Å²) in [4.78, 5) is 0.921. The summed E-state index contributed by atoms with van der Waals surface area (Å²) in [5.41, 5.74) is 6.13. The minimum atomic E-state index is 0.234. The molecule has 0 saturated heterocycles. The monoisotopic (exact) mass is 245 g/mol. The molecule has 0 aliphatic carbocycles. The molecule has 72 valence electrons. The Kier molecular flexibility index (Phi) is 2.58. The number of anilines is 1. The lowest BCUT2D eigenvalue weighted by Crippen LogP contribution is -1.94. The van der Waals surface area contributed by atoms with Gasteiger partial charge in [-0.2, -0.15) is 0 Å². The molecule has 2 rings (SSSR count). The van der Waals surface area contributed by atoms with Crippen LogP contribution in [0.1, 0.15) is 0 Å². The molecule has 0 saturated carbocycles. The van der Waals surface area contributed by atoms with Crippen LogP contribution in [0.15, 0.2) is 18.2 Å². The fourth-order valence-electron chi connectivity index (χ4n) is 0.951. The first-order valence-electron chi connectivity index (χ1n) is 3.71. The van der Waals surface area contributed by atoms with Crippen molar-refractivity contribution in [3.05, 3.63) is 27.6 Å². The first-order chi connectivity index (χ1) is 6.66. The van der Waals surface area contributed by atoms with Gasteiger partial charge < -0.3 is 5.73 Å². The highest BCUT2D eigenvalue weighted by Crippen LogP contribution is 2.31. The fourth-order valence-corrected chi connectivity index (χ4v) is 2.09. The van der Waals surface area contributed by atoms with E-state index in [2.05, 4.69) is 10.2 Å². The Balaban J connectivity index is 2.47. The Morgan fingerprint density at radius 3 is 2.57 bits per heavy atom. The largest absolute Gasteiger partial charge is 0.381 e. The van der Waals surface area contributed by atoms with Crippen LogP contribution in [0.2, 0.25) is 9.36 Å². The summed E-state index contributed by atoms with van der Waals surface area (Å²) in [6.07, 6.45) is 0. The van der Waals surface area contributed by atoms with E-state index in [9.17, 15) is 0 Å². The number of aromatic nitrogens is 2.